The van der Waals surface area contributed by atoms with E-state index in [1.807, 2.05) is 59.5 Å². The zero-order valence-corrected chi connectivity index (χ0v) is 16.9. The minimum absolute atomic E-state index is 0.0186. The largest absolute Gasteiger partial charge is 0.496 e. The lowest BCUT2D eigenvalue weighted by Crippen LogP contribution is -2.49. The highest BCUT2D eigenvalue weighted by molar-refractivity contribution is 6.30. The Kier molecular flexibility index (Phi) is 5.14. The molecule has 0 N–H and O–H groups in total. The predicted molar refractivity (Wildman–Crippen MR) is 115 cm³/mol. The molecular formula is C23H23ClN2O2. The van der Waals surface area contributed by atoms with Gasteiger partial charge in [0.1, 0.15) is 5.75 Å². The van der Waals surface area contributed by atoms with Crippen LogP contribution in [0, 0.1) is 6.92 Å². The molecule has 3 aromatic carbocycles. The van der Waals surface area contributed by atoms with Gasteiger partial charge in [-0.05, 0) is 47.5 Å². The Hall–Kier alpha value is -2.72. The van der Waals surface area contributed by atoms with Gasteiger partial charge >= 0.3 is 0 Å². The quantitative estimate of drug-likeness (QED) is 0.641. The first kappa shape index (κ1) is 18.6. The minimum atomic E-state index is 0.0186. The van der Waals surface area contributed by atoms with Crippen molar-refractivity contribution >= 4 is 34.0 Å². The zero-order chi connectivity index (χ0) is 19.7. The molecule has 4 rings (SSSR count). The lowest BCUT2D eigenvalue weighted by molar-refractivity contribution is 0.0743. The number of ether oxygens (including phenoxy) is 1. The Morgan fingerprint density at radius 2 is 1.64 bits per heavy atom. The number of amides is 1. The third-order valence-electron chi connectivity index (χ3n) is 5.38. The summed E-state index contributed by atoms with van der Waals surface area (Å²) >= 11 is 6.17. The Labute approximate surface area is 170 Å². The maximum absolute atomic E-state index is 13.2. The topological polar surface area (TPSA) is 32.8 Å². The Bertz CT molecular complexity index is 1030. The van der Waals surface area contributed by atoms with Crippen molar-refractivity contribution in [1.29, 1.82) is 0 Å². The molecular weight excluding hydrogens is 372 g/mol. The number of hydrogen-bond acceptors (Lipinski definition) is 3. The van der Waals surface area contributed by atoms with E-state index in [2.05, 4.69) is 11.8 Å². The number of aryl methyl sites for hydroxylation is 1. The second-order valence-electron chi connectivity index (χ2n) is 7.11. The number of piperazine rings is 1. The molecule has 1 aliphatic rings. The summed E-state index contributed by atoms with van der Waals surface area (Å²) in [4.78, 5) is 17.4. The number of nitrogens with zero attached hydrogens (tertiary/aromatic N) is 2. The number of rotatable bonds is 3. The van der Waals surface area contributed by atoms with Crippen molar-refractivity contribution in [2.24, 2.45) is 0 Å². The van der Waals surface area contributed by atoms with E-state index in [-0.39, 0.29) is 5.91 Å². The summed E-state index contributed by atoms with van der Waals surface area (Å²) in [6.07, 6.45) is 0. The first-order valence-electron chi connectivity index (χ1n) is 9.44. The molecule has 1 fully saturated rings. The van der Waals surface area contributed by atoms with Gasteiger partial charge in [0, 0.05) is 36.9 Å². The lowest BCUT2D eigenvalue weighted by atomic mass is 10.0. The molecule has 0 bridgehead atoms. The highest BCUT2D eigenvalue weighted by atomic mass is 35.5. The normalized spacial score (nSPS) is 14.4. The van der Waals surface area contributed by atoms with Crippen LogP contribution in [0.1, 0.15) is 15.9 Å². The Morgan fingerprint density at radius 1 is 0.964 bits per heavy atom. The molecule has 3 aromatic rings. The molecule has 0 atom stereocenters. The van der Waals surface area contributed by atoms with E-state index in [4.69, 9.17) is 16.3 Å². The number of fused-ring (bicyclic) bond motifs is 1. The van der Waals surface area contributed by atoms with Crippen molar-refractivity contribution in [3.63, 3.8) is 0 Å². The second-order valence-corrected chi connectivity index (χ2v) is 7.55. The van der Waals surface area contributed by atoms with Crippen LogP contribution < -0.4 is 9.64 Å². The van der Waals surface area contributed by atoms with Crippen LogP contribution in [0.2, 0.25) is 5.02 Å². The molecule has 5 heteroatoms. The third-order valence-corrected chi connectivity index (χ3v) is 5.61. The van der Waals surface area contributed by atoms with E-state index < -0.39 is 0 Å². The van der Waals surface area contributed by atoms with Crippen molar-refractivity contribution in [2.75, 3.05) is 38.2 Å². The fraction of sp³-hybridized carbons (Fsp3) is 0.261. The van der Waals surface area contributed by atoms with Crippen LogP contribution in [-0.2, 0) is 0 Å². The molecule has 0 saturated carbocycles. The van der Waals surface area contributed by atoms with Gasteiger partial charge in [0.2, 0.25) is 0 Å². The summed E-state index contributed by atoms with van der Waals surface area (Å²) in [6, 6.07) is 17.8. The molecule has 0 spiro atoms. The van der Waals surface area contributed by atoms with Gasteiger partial charge in [-0.3, -0.25) is 4.79 Å². The van der Waals surface area contributed by atoms with Gasteiger partial charge in [0.05, 0.1) is 12.7 Å². The summed E-state index contributed by atoms with van der Waals surface area (Å²) in [7, 11) is 1.61. The number of methoxy groups -OCH3 is 1. The zero-order valence-electron chi connectivity index (χ0n) is 16.1. The van der Waals surface area contributed by atoms with Gasteiger partial charge in [0.25, 0.3) is 5.91 Å². The molecule has 1 amide bonds. The van der Waals surface area contributed by atoms with Crippen LogP contribution in [0.3, 0.4) is 0 Å². The van der Waals surface area contributed by atoms with Crippen LogP contribution in [-0.4, -0.2) is 44.1 Å². The summed E-state index contributed by atoms with van der Waals surface area (Å²) in [6.45, 7) is 4.98. The standard InChI is InChI=1S/C23H23ClN2O2/c1-16-7-8-19(24)15-21(16)25-9-11-26(12-10-25)23(27)20-13-17-5-3-4-6-18(17)14-22(20)28-2/h3-8,13-15H,9-12H2,1-2H3. The Balaban J connectivity index is 1.54. The smallest absolute Gasteiger partial charge is 0.257 e. The van der Waals surface area contributed by atoms with E-state index in [1.54, 1.807) is 7.11 Å². The van der Waals surface area contributed by atoms with Gasteiger partial charge in [0.15, 0.2) is 0 Å². The van der Waals surface area contributed by atoms with Crippen LogP contribution in [0.5, 0.6) is 5.75 Å². The molecule has 1 saturated heterocycles. The monoisotopic (exact) mass is 394 g/mol. The van der Waals surface area contributed by atoms with Gasteiger partial charge in [-0.25, -0.2) is 0 Å². The number of carbonyl (C=O) groups excluding carboxylic acids is 1. The average Bonchev–Trinajstić information content (AvgIpc) is 2.74. The number of hydrogen-bond donors (Lipinski definition) is 0. The van der Waals surface area contributed by atoms with Crippen molar-refractivity contribution in [3.8, 4) is 5.75 Å². The van der Waals surface area contributed by atoms with Crippen LogP contribution >= 0.6 is 11.6 Å². The summed E-state index contributed by atoms with van der Waals surface area (Å²) in [5, 5.41) is 2.84. The number of halogens is 1. The first-order valence-corrected chi connectivity index (χ1v) is 9.82. The van der Waals surface area contributed by atoms with Crippen LogP contribution in [0.25, 0.3) is 10.8 Å². The summed E-state index contributed by atoms with van der Waals surface area (Å²) in [5.41, 5.74) is 2.96. The third kappa shape index (κ3) is 3.52. The fourth-order valence-corrected chi connectivity index (χ4v) is 3.97. The van der Waals surface area contributed by atoms with E-state index >= 15 is 0 Å². The van der Waals surface area contributed by atoms with E-state index in [0.717, 1.165) is 34.6 Å². The highest BCUT2D eigenvalue weighted by Gasteiger charge is 2.25. The SMILES string of the molecule is COc1cc2ccccc2cc1C(=O)N1CCN(c2cc(Cl)ccc2C)CC1. The predicted octanol–water partition coefficient (Wildman–Crippen LogP) is 4.77. The molecule has 0 aliphatic carbocycles. The van der Waals surface area contributed by atoms with Gasteiger partial charge in [-0.1, -0.05) is 41.9 Å². The average molecular weight is 395 g/mol. The molecule has 0 radical (unpaired) electrons. The lowest BCUT2D eigenvalue weighted by Gasteiger charge is -2.37. The molecule has 0 aromatic heterocycles. The highest BCUT2D eigenvalue weighted by Crippen LogP contribution is 2.29. The maximum Gasteiger partial charge on any atom is 0.257 e. The first-order chi connectivity index (χ1) is 13.6. The minimum Gasteiger partial charge on any atom is -0.496 e. The fourth-order valence-electron chi connectivity index (χ4n) is 3.80. The van der Waals surface area contributed by atoms with E-state index in [0.29, 0.717) is 24.4 Å². The molecule has 0 unspecified atom stereocenters. The van der Waals surface area contributed by atoms with Gasteiger partial charge < -0.3 is 14.5 Å². The van der Waals surface area contributed by atoms with Crippen molar-refractivity contribution in [3.05, 3.63) is 70.7 Å². The molecule has 1 heterocycles. The van der Waals surface area contributed by atoms with Crippen molar-refractivity contribution in [1.82, 2.24) is 4.90 Å². The molecule has 144 valence electrons. The van der Waals surface area contributed by atoms with Crippen molar-refractivity contribution < 1.29 is 9.53 Å². The number of anilines is 1. The van der Waals surface area contributed by atoms with Gasteiger partial charge in [-0.2, -0.15) is 0 Å². The van der Waals surface area contributed by atoms with Gasteiger partial charge in [-0.15, -0.1) is 0 Å². The molecule has 4 nitrogen and oxygen atoms in total. The van der Waals surface area contributed by atoms with Crippen LogP contribution in [0.15, 0.2) is 54.6 Å². The summed E-state index contributed by atoms with van der Waals surface area (Å²) in [5.74, 6) is 0.641. The number of carbonyl (C=O) groups is 1. The molecule has 1 aliphatic heterocycles. The Morgan fingerprint density at radius 3 is 2.32 bits per heavy atom. The maximum atomic E-state index is 13.2. The van der Waals surface area contributed by atoms with E-state index in [1.165, 1.54) is 5.56 Å². The van der Waals surface area contributed by atoms with E-state index in [9.17, 15) is 4.79 Å². The summed E-state index contributed by atoms with van der Waals surface area (Å²) < 4.78 is 5.51. The second kappa shape index (κ2) is 7.72. The van der Waals surface area contributed by atoms with Crippen LogP contribution in [0.4, 0.5) is 5.69 Å². The number of benzene rings is 3. The molecule has 28 heavy (non-hydrogen) atoms. The van der Waals surface area contributed by atoms with Crippen molar-refractivity contribution in [2.45, 2.75) is 6.92 Å².